The lowest BCUT2D eigenvalue weighted by Gasteiger charge is -2.48. The van der Waals surface area contributed by atoms with Gasteiger partial charge in [-0.1, -0.05) is 188 Å². The molecular formula is C53H90O3Si3. The monoisotopic (exact) mass is 859 g/mol. The second-order valence-electron chi connectivity index (χ2n) is 24.2. The molecule has 0 amide bonds. The van der Waals surface area contributed by atoms with Gasteiger partial charge in [-0.3, -0.25) is 0 Å². The van der Waals surface area contributed by atoms with Crippen molar-refractivity contribution in [3.05, 3.63) is 84.5 Å². The minimum Gasteiger partial charge on any atom is -0.414 e. The molecule has 0 heterocycles. The van der Waals surface area contributed by atoms with E-state index in [1.54, 1.807) is 0 Å². The number of benzene rings is 2. The van der Waals surface area contributed by atoms with Gasteiger partial charge in [0.2, 0.25) is 0 Å². The molecule has 0 aromatic heterocycles. The maximum absolute atomic E-state index is 7.78. The summed E-state index contributed by atoms with van der Waals surface area (Å²) in [4.78, 5) is 0. The smallest absolute Gasteiger partial charge is 0.261 e. The molecule has 6 atom stereocenters. The van der Waals surface area contributed by atoms with Gasteiger partial charge in [0.1, 0.15) is 0 Å². The van der Waals surface area contributed by atoms with E-state index in [9.17, 15) is 0 Å². The van der Waals surface area contributed by atoms with Gasteiger partial charge in [0.25, 0.3) is 8.32 Å². The highest BCUT2D eigenvalue weighted by Crippen LogP contribution is 2.61. The van der Waals surface area contributed by atoms with Gasteiger partial charge in [0.15, 0.2) is 16.6 Å². The zero-order valence-corrected chi connectivity index (χ0v) is 44.6. The number of rotatable bonds is 15. The number of hydrogen-bond acceptors (Lipinski definition) is 3. The molecule has 0 aliphatic heterocycles. The Hall–Kier alpha value is -1.55. The Morgan fingerprint density at radius 3 is 1.54 bits per heavy atom. The summed E-state index contributed by atoms with van der Waals surface area (Å²) in [6, 6.07) is 22.4. The largest absolute Gasteiger partial charge is 0.414 e. The molecule has 2 aliphatic carbocycles. The molecular weight excluding hydrogens is 769 g/mol. The molecule has 2 saturated carbocycles. The molecule has 2 aliphatic rings. The second-order valence-corrected chi connectivity index (χ2v) is 37.9. The van der Waals surface area contributed by atoms with Crippen molar-refractivity contribution in [1.82, 2.24) is 0 Å². The van der Waals surface area contributed by atoms with E-state index in [0.717, 1.165) is 25.7 Å². The van der Waals surface area contributed by atoms with Crippen molar-refractivity contribution in [2.45, 2.75) is 208 Å². The zero-order valence-electron chi connectivity index (χ0n) is 41.6. The number of allylic oxidation sites excluding steroid dienone is 3. The fourth-order valence-corrected chi connectivity index (χ4v) is 17.5. The molecule has 0 spiro atoms. The fraction of sp³-hybridized carbons (Fsp3) is 0.698. The predicted octanol–water partition coefficient (Wildman–Crippen LogP) is 14.9. The van der Waals surface area contributed by atoms with E-state index in [1.165, 1.54) is 35.2 Å². The minimum atomic E-state index is -2.64. The predicted molar refractivity (Wildman–Crippen MR) is 266 cm³/mol. The molecule has 4 rings (SSSR count). The molecule has 0 N–H and O–H groups in total. The van der Waals surface area contributed by atoms with Crippen LogP contribution >= 0.6 is 0 Å². The first-order valence-corrected chi connectivity index (χ1v) is 31.2. The molecule has 2 fully saturated rings. The van der Waals surface area contributed by atoms with Crippen LogP contribution in [-0.4, -0.2) is 43.3 Å². The lowest BCUT2D eigenvalue weighted by atomic mass is 9.59. The standard InChI is InChI=1S/C53H90O3Si3/c1-40(2)48(56-59(51(10,11)12,46-29-22-20-23-30-46)47-31-24-21-25-32-47)34-33-41(3)53(15)36-35-43(52(53,13)14)28-26-27-42-37-44(54-57(16,17)49(4,5)6)39-45(38-42)55-58(18,19)50(7,8)9/h20-32,40-41,43-45,48H,33-39H2,1-19H3/t41-,43+,44+,45+,48+,53+/m0/s1. The van der Waals surface area contributed by atoms with Gasteiger partial charge in [-0.15, -0.1) is 0 Å². The van der Waals surface area contributed by atoms with E-state index in [4.69, 9.17) is 13.3 Å². The normalized spacial score (nSPS) is 24.8. The first-order valence-electron chi connectivity index (χ1n) is 23.5. The summed E-state index contributed by atoms with van der Waals surface area (Å²) in [6.07, 6.45) is 15.9. The molecule has 6 heteroatoms. The van der Waals surface area contributed by atoms with Gasteiger partial charge in [-0.25, -0.2) is 0 Å². The van der Waals surface area contributed by atoms with Crippen molar-refractivity contribution in [1.29, 1.82) is 0 Å². The third-order valence-electron chi connectivity index (χ3n) is 16.5. The second kappa shape index (κ2) is 18.7. The Morgan fingerprint density at radius 1 is 0.678 bits per heavy atom. The van der Waals surface area contributed by atoms with E-state index in [-0.39, 0.29) is 44.3 Å². The maximum atomic E-state index is 7.78. The van der Waals surface area contributed by atoms with Gasteiger partial charge in [0.05, 0.1) is 12.2 Å². The Bertz CT molecular complexity index is 1610. The Kier molecular flexibility index (Phi) is 15.8. The molecule has 0 saturated heterocycles. The van der Waals surface area contributed by atoms with E-state index in [1.807, 2.05) is 0 Å². The highest BCUT2D eigenvalue weighted by atomic mass is 28.4. The summed E-state index contributed by atoms with van der Waals surface area (Å²) in [5.74, 6) is 1.55. The van der Waals surface area contributed by atoms with Crippen molar-refractivity contribution in [2.24, 2.45) is 28.6 Å². The average molecular weight is 860 g/mol. The molecule has 0 radical (unpaired) electrons. The van der Waals surface area contributed by atoms with Crippen LogP contribution in [0, 0.1) is 28.6 Å². The van der Waals surface area contributed by atoms with E-state index in [0.29, 0.717) is 17.8 Å². The zero-order chi connectivity index (χ0) is 44.5. The van der Waals surface area contributed by atoms with Crippen molar-refractivity contribution < 1.29 is 13.3 Å². The topological polar surface area (TPSA) is 27.7 Å². The summed E-state index contributed by atoms with van der Waals surface area (Å²) in [6.45, 7) is 46.0. The van der Waals surface area contributed by atoms with Crippen LogP contribution in [0.1, 0.15) is 149 Å². The average Bonchev–Trinajstić information content (AvgIpc) is 3.34. The van der Waals surface area contributed by atoms with Crippen LogP contribution in [-0.2, 0) is 13.3 Å². The molecule has 2 aromatic carbocycles. The van der Waals surface area contributed by atoms with Gasteiger partial charge in [0, 0.05) is 6.10 Å². The SMILES string of the molecule is CC(C)[C@@H](CC[C@H](C)[C@@]1(C)CC[C@@H](C=CC=C2C[C@@H](O[Si](C)(C)C(C)(C)C)C[C@H](O[Si](C)(C)C(C)(C)C)C2)C1(C)C)O[Si](c1ccccc1)(c1ccccc1)C(C)(C)C. The van der Waals surface area contributed by atoms with E-state index in [2.05, 4.69) is 209 Å². The first-order chi connectivity index (χ1) is 27.0. The third kappa shape index (κ3) is 11.2. The fourth-order valence-electron chi connectivity index (χ4n) is 9.92. The van der Waals surface area contributed by atoms with Crippen LogP contribution in [0.3, 0.4) is 0 Å². The molecule has 3 nitrogen and oxygen atoms in total. The Morgan fingerprint density at radius 2 is 1.14 bits per heavy atom. The number of hydrogen-bond donors (Lipinski definition) is 0. The van der Waals surface area contributed by atoms with Crippen LogP contribution in [0.5, 0.6) is 0 Å². The quantitative estimate of drug-likeness (QED) is 0.167. The van der Waals surface area contributed by atoms with Crippen LogP contribution in [0.4, 0.5) is 0 Å². The Labute approximate surface area is 368 Å². The maximum Gasteiger partial charge on any atom is 0.261 e. The first kappa shape index (κ1) is 50.1. The van der Waals surface area contributed by atoms with Crippen molar-refractivity contribution >= 4 is 35.3 Å². The molecule has 59 heavy (non-hydrogen) atoms. The van der Waals surface area contributed by atoms with Gasteiger partial charge in [-0.2, -0.15) is 0 Å². The van der Waals surface area contributed by atoms with Crippen molar-refractivity contribution in [3.8, 4) is 0 Å². The third-order valence-corrected chi connectivity index (χ3v) is 30.7. The minimum absolute atomic E-state index is 0.0300. The highest BCUT2D eigenvalue weighted by molar-refractivity contribution is 6.99. The summed E-state index contributed by atoms with van der Waals surface area (Å²) in [5.41, 5.74) is 1.91. The van der Waals surface area contributed by atoms with Crippen LogP contribution < -0.4 is 10.4 Å². The lowest BCUT2D eigenvalue weighted by Crippen LogP contribution is -2.68. The summed E-state index contributed by atoms with van der Waals surface area (Å²) in [5, 5.41) is 3.09. The van der Waals surface area contributed by atoms with Crippen LogP contribution in [0.2, 0.25) is 41.3 Å². The summed E-state index contributed by atoms with van der Waals surface area (Å²) >= 11 is 0. The van der Waals surface area contributed by atoms with Crippen LogP contribution in [0.25, 0.3) is 0 Å². The van der Waals surface area contributed by atoms with Crippen LogP contribution in [0.15, 0.2) is 84.5 Å². The lowest BCUT2D eigenvalue weighted by molar-refractivity contribution is 0.0298. The summed E-state index contributed by atoms with van der Waals surface area (Å²) < 4.78 is 22.0. The van der Waals surface area contributed by atoms with E-state index >= 15 is 0 Å². The highest BCUT2D eigenvalue weighted by Gasteiger charge is 2.54. The Balaban J connectivity index is 1.53. The molecule has 2 aromatic rings. The summed E-state index contributed by atoms with van der Waals surface area (Å²) in [7, 11) is -6.47. The van der Waals surface area contributed by atoms with Crippen molar-refractivity contribution in [3.63, 3.8) is 0 Å². The van der Waals surface area contributed by atoms with E-state index < -0.39 is 25.0 Å². The van der Waals surface area contributed by atoms with Gasteiger partial charge >= 0.3 is 0 Å². The molecule has 0 bridgehead atoms. The molecule has 0 unspecified atom stereocenters. The molecule has 332 valence electrons. The van der Waals surface area contributed by atoms with Gasteiger partial charge in [-0.05, 0) is 125 Å². The van der Waals surface area contributed by atoms with Crippen molar-refractivity contribution in [2.75, 3.05) is 0 Å². The van der Waals surface area contributed by atoms with Gasteiger partial charge < -0.3 is 13.3 Å².